The number of carbonyl (C=O) groups is 1. The van der Waals surface area contributed by atoms with Gasteiger partial charge in [-0.1, -0.05) is 6.92 Å². The SMILES string of the molecule is CCc1cc(C(=O)O)nn1CCc1ccco1. The van der Waals surface area contributed by atoms with Gasteiger partial charge in [0.1, 0.15) is 5.76 Å². The summed E-state index contributed by atoms with van der Waals surface area (Å²) in [7, 11) is 0. The minimum atomic E-state index is -0.989. The molecule has 0 saturated carbocycles. The van der Waals surface area contributed by atoms with Crippen LogP contribution in [0.1, 0.15) is 28.9 Å². The summed E-state index contributed by atoms with van der Waals surface area (Å²) in [6.07, 6.45) is 3.10. The molecule has 2 aromatic heterocycles. The zero-order valence-electron chi connectivity index (χ0n) is 9.59. The van der Waals surface area contributed by atoms with Crippen LogP contribution in [0.2, 0.25) is 0 Å². The van der Waals surface area contributed by atoms with Gasteiger partial charge in [-0.3, -0.25) is 4.68 Å². The average Bonchev–Trinajstić information content (AvgIpc) is 2.95. The van der Waals surface area contributed by atoms with Crippen LogP contribution in [0, 0.1) is 0 Å². The molecule has 17 heavy (non-hydrogen) atoms. The number of aromatic nitrogens is 2. The van der Waals surface area contributed by atoms with E-state index in [0.29, 0.717) is 13.0 Å². The summed E-state index contributed by atoms with van der Waals surface area (Å²) >= 11 is 0. The van der Waals surface area contributed by atoms with Crippen molar-refractivity contribution in [3.63, 3.8) is 0 Å². The van der Waals surface area contributed by atoms with E-state index < -0.39 is 5.97 Å². The lowest BCUT2D eigenvalue weighted by molar-refractivity contribution is 0.0689. The predicted molar refractivity (Wildman–Crippen MR) is 61.0 cm³/mol. The first kappa shape index (κ1) is 11.4. The van der Waals surface area contributed by atoms with Crippen LogP contribution in [-0.4, -0.2) is 20.9 Å². The second-order valence-corrected chi connectivity index (χ2v) is 3.73. The number of furan rings is 1. The number of aryl methyl sites for hydroxylation is 3. The molecule has 0 saturated heterocycles. The third-order valence-electron chi connectivity index (χ3n) is 2.59. The molecule has 2 heterocycles. The summed E-state index contributed by atoms with van der Waals surface area (Å²) in [6.45, 7) is 2.61. The third-order valence-corrected chi connectivity index (χ3v) is 2.59. The van der Waals surface area contributed by atoms with Crippen LogP contribution < -0.4 is 0 Å². The van der Waals surface area contributed by atoms with Crippen LogP contribution in [-0.2, 0) is 19.4 Å². The monoisotopic (exact) mass is 234 g/mol. The van der Waals surface area contributed by atoms with Crippen molar-refractivity contribution in [3.8, 4) is 0 Å². The lowest BCUT2D eigenvalue weighted by Crippen LogP contribution is -2.07. The second-order valence-electron chi connectivity index (χ2n) is 3.73. The van der Waals surface area contributed by atoms with Crippen LogP contribution in [0.5, 0.6) is 0 Å². The van der Waals surface area contributed by atoms with Gasteiger partial charge >= 0.3 is 5.97 Å². The molecule has 0 amide bonds. The minimum Gasteiger partial charge on any atom is -0.476 e. The Balaban J connectivity index is 2.11. The van der Waals surface area contributed by atoms with Crippen LogP contribution in [0.4, 0.5) is 0 Å². The molecule has 5 nitrogen and oxygen atoms in total. The quantitative estimate of drug-likeness (QED) is 0.858. The van der Waals surface area contributed by atoms with Gasteiger partial charge in [-0.2, -0.15) is 5.10 Å². The molecule has 2 rings (SSSR count). The molecular weight excluding hydrogens is 220 g/mol. The maximum atomic E-state index is 10.8. The van der Waals surface area contributed by atoms with Crippen LogP contribution in [0.3, 0.4) is 0 Å². The summed E-state index contributed by atoms with van der Waals surface area (Å²) < 4.78 is 6.95. The molecular formula is C12H14N2O3. The van der Waals surface area contributed by atoms with Crippen LogP contribution in [0.15, 0.2) is 28.9 Å². The van der Waals surface area contributed by atoms with E-state index in [1.165, 1.54) is 0 Å². The first-order valence-corrected chi connectivity index (χ1v) is 5.53. The molecule has 90 valence electrons. The number of rotatable bonds is 5. The Morgan fingerprint density at radius 3 is 3.00 bits per heavy atom. The maximum absolute atomic E-state index is 10.8. The molecule has 0 aliphatic rings. The fraction of sp³-hybridized carbons (Fsp3) is 0.333. The second kappa shape index (κ2) is 4.86. The topological polar surface area (TPSA) is 68.3 Å². The lowest BCUT2D eigenvalue weighted by atomic mass is 10.3. The Morgan fingerprint density at radius 1 is 1.59 bits per heavy atom. The van der Waals surface area contributed by atoms with Crippen molar-refractivity contribution in [2.24, 2.45) is 0 Å². The lowest BCUT2D eigenvalue weighted by Gasteiger charge is -2.03. The van der Waals surface area contributed by atoms with Gasteiger partial charge in [0.15, 0.2) is 5.69 Å². The summed E-state index contributed by atoms with van der Waals surface area (Å²) in [4.78, 5) is 10.8. The maximum Gasteiger partial charge on any atom is 0.356 e. The normalized spacial score (nSPS) is 10.6. The van der Waals surface area contributed by atoms with Gasteiger partial charge in [-0.05, 0) is 24.6 Å². The molecule has 0 bridgehead atoms. The summed E-state index contributed by atoms with van der Waals surface area (Å²) in [6, 6.07) is 5.35. The van der Waals surface area contributed by atoms with Gasteiger partial charge in [0.2, 0.25) is 0 Å². The Morgan fingerprint density at radius 2 is 2.41 bits per heavy atom. The third kappa shape index (κ3) is 2.55. The van der Waals surface area contributed by atoms with Gasteiger partial charge in [0, 0.05) is 18.7 Å². The van der Waals surface area contributed by atoms with Crippen molar-refractivity contribution >= 4 is 5.97 Å². The number of hydrogen-bond acceptors (Lipinski definition) is 3. The van der Waals surface area contributed by atoms with Crippen molar-refractivity contribution < 1.29 is 14.3 Å². The number of hydrogen-bond donors (Lipinski definition) is 1. The van der Waals surface area contributed by atoms with E-state index in [1.54, 1.807) is 17.0 Å². The van der Waals surface area contributed by atoms with Crippen molar-refractivity contribution in [1.29, 1.82) is 0 Å². The smallest absolute Gasteiger partial charge is 0.356 e. The number of carboxylic acid groups (broad SMARTS) is 1. The predicted octanol–water partition coefficient (Wildman–Crippen LogP) is 1.98. The molecule has 0 spiro atoms. The number of nitrogens with zero attached hydrogens (tertiary/aromatic N) is 2. The van der Waals surface area contributed by atoms with Crippen LogP contribution >= 0.6 is 0 Å². The minimum absolute atomic E-state index is 0.0984. The Kier molecular flexibility index (Phi) is 3.27. The van der Waals surface area contributed by atoms with Crippen molar-refractivity contribution in [2.75, 3.05) is 0 Å². The summed E-state index contributed by atoms with van der Waals surface area (Å²) in [5.74, 6) is -0.115. The van der Waals surface area contributed by atoms with Crippen molar-refractivity contribution in [3.05, 3.63) is 41.6 Å². The number of aromatic carboxylic acids is 1. The standard InChI is InChI=1S/C12H14N2O3/c1-2-9-8-11(12(15)16)13-14(9)6-5-10-4-3-7-17-10/h3-4,7-8H,2,5-6H2,1H3,(H,15,16). The van der Waals surface area contributed by atoms with Gasteiger partial charge in [0.05, 0.1) is 6.26 Å². The number of carboxylic acids is 1. The van der Waals surface area contributed by atoms with E-state index in [0.717, 1.165) is 17.9 Å². The molecule has 2 aromatic rings. The molecule has 0 radical (unpaired) electrons. The molecule has 5 heteroatoms. The molecule has 0 atom stereocenters. The first-order chi connectivity index (χ1) is 8.20. The summed E-state index contributed by atoms with van der Waals surface area (Å²) in [5, 5.41) is 12.9. The summed E-state index contributed by atoms with van der Waals surface area (Å²) in [5.41, 5.74) is 1.02. The van der Waals surface area contributed by atoms with Crippen molar-refractivity contribution in [1.82, 2.24) is 9.78 Å². The van der Waals surface area contributed by atoms with E-state index in [-0.39, 0.29) is 5.69 Å². The molecule has 0 aliphatic heterocycles. The van der Waals surface area contributed by atoms with Crippen LogP contribution in [0.25, 0.3) is 0 Å². The molecule has 0 fully saturated rings. The first-order valence-electron chi connectivity index (χ1n) is 5.53. The highest BCUT2D eigenvalue weighted by Crippen LogP contribution is 2.08. The largest absolute Gasteiger partial charge is 0.476 e. The highest BCUT2D eigenvalue weighted by atomic mass is 16.4. The average molecular weight is 234 g/mol. The molecule has 0 aliphatic carbocycles. The van der Waals surface area contributed by atoms with Gasteiger partial charge in [-0.15, -0.1) is 0 Å². The van der Waals surface area contributed by atoms with E-state index in [4.69, 9.17) is 9.52 Å². The van der Waals surface area contributed by atoms with E-state index in [1.807, 2.05) is 19.1 Å². The highest BCUT2D eigenvalue weighted by Gasteiger charge is 2.12. The molecule has 0 aromatic carbocycles. The Hall–Kier alpha value is -2.04. The Bertz CT molecular complexity index is 500. The fourth-order valence-corrected chi connectivity index (χ4v) is 1.71. The fourth-order valence-electron chi connectivity index (χ4n) is 1.71. The van der Waals surface area contributed by atoms with E-state index in [2.05, 4.69) is 5.10 Å². The van der Waals surface area contributed by atoms with Gasteiger partial charge in [0.25, 0.3) is 0 Å². The Labute approximate surface area is 98.7 Å². The van der Waals surface area contributed by atoms with E-state index in [9.17, 15) is 4.79 Å². The molecule has 1 N–H and O–H groups in total. The highest BCUT2D eigenvalue weighted by molar-refractivity contribution is 5.85. The van der Waals surface area contributed by atoms with Gasteiger partial charge < -0.3 is 9.52 Å². The zero-order chi connectivity index (χ0) is 12.3. The zero-order valence-corrected chi connectivity index (χ0v) is 9.59. The van der Waals surface area contributed by atoms with E-state index >= 15 is 0 Å². The van der Waals surface area contributed by atoms with Crippen molar-refractivity contribution in [2.45, 2.75) is 26.3 Å². The molecule has 0 unspecified atom stereocenters. The van der Waals surface area contributed by atoms with Gasteiger partial charge in [-0.25, -0.2) is 4.79 Å².